The molecule has 1 aromatic rings. The average molecular weight is 357 g/mol. The highest BCUT2D eigenvalue weighted by Crippen LogP contribution is 2.18. The molecule has 2 aliphatic carbocycles. The molecule has 3 rings (SSSR count). The fourth-order valence-corrected chi connectivity index (χ4v) is 3.05. The van der Waals surface area contributed by atoms with Gasteiger partial charge >= 0.3 is 0 Å². The molecule has 0 unspecified atom stereocenters. The van der Waals surface area contributed by atoms with Gasteiger partial charge in [-0.05, 0) is 39.0 Å². The Labute approximate surface area is 154 Å². The van der Waals surface area contributed by atoms with Gasteiger partial charge in [0.15, 0.2) is 17.3 Å². The Hall–Kier alpha value is -2.37. The van der Waals surface area contributed by atoms with Crippen LogP contribution in [0.4, 0.5) is 0 Å². The molecule has 0 aliphatic heterocycles. The second kappa shape index (κ2) is 9.36. The highest BCUT2D eigenvalue weighted by molar-refractivity contribution is 6.20. The van der Waals surface area contributed by atoms with Gasteiger partial charge in [0.25, 0.3) is 0 Å². The van der Waals surface area contributed by atoms with Crippen LogP contribution in [0.1, 0.15) is 66.8 Å². The number of hydrogen-bond acceptors (Lipinski definition) is 6. The van der Waals surface area contributed by atoms with E-state index in [-0.39, 0.29) is 17.3 Å². The van der Waals surface area contributed by atoms with Gasteiger partial charge < -0.3 is 4.90 Å². The number of hydrogen-bond donors (Lipinski definition) is 0. The Morgan fingerprint density at radius 2 is 1.42 bits per heavy atom. The van der Waals surface area contributed by atoms with E-state index in [9.17, 15) is 14.4 Å². The Kier molecular flexibility index (Phi) is 7.18. The molecular weight excluding hydrogens is 330 g/mol. The van der Waals surface area contributed by atoms with E-state index >= 15 is 0 Å². The Morgan fingerprint density at radius 3 is 2.00 bits per heavy atom. The number of aromatic nitrogens is 2. The molecule has 0 radical (unpaired) electrons. The van der Waals surface area contributed by atoms with E-state index < -0.39 is 0 Å². The minimum Gasteiger partial charge on any atom is -0.383 e. The normalized spacial score (nSPS) is 17.5. The molecule has 6 heteroatoms. The SMILES string of the molecule is CN(C)C=C1C(=O)CCCCC1=O.Cc1ncc2c(n1)CCCCC2=O. The molecule has 0 spiro atoms. The summed E-state index contributed by atoms with van der Waals surface area (Å²) in [6.45, 7) is 1.86. The molecule has 1 heterocycles. The van der Waals surface area contributed by atoms with Gasteiger partial charge in [0.05, 0.1) is 16.8 Å². The van der Waals surface area contributed by atoms with Crippen LogP contribution in [-0.2, 0) is 16.0 Å². The van der Waals surface area contributed by atoms with E-state index in [0.29, 0.717) is 24.8 Å². The molecule has 140 valence electrons. The second-order valence-electron chi connectivity index (χ2n) is 6.97. The van der Waals surface area contributed by atoms with Crippen LogP contribution in [0.2, 0.25) is 0 Å². The minimum atomic E-state index is -0.00352. The van der Waals surface area contributed by atoms with E-state index in [1.165, 1.54) is 0 Å². The maximum atomic E-state index is 11.5. The fourth-order valence-electron chi connectivity index (χ4n) is 3.05. The van der Waals surface area contributed by atoms with Crippen molar-refractivity contribution >= 4 is 17.3 Å². The molecule has 1 saturated carbocycles. The van der Waals surface area contributed by atoms with Gasteiger partial charge in [0.1, 0.15) is 5.82 Å². The summed E-state index contributed by atoms with van der Waals surface area (Å²) in [4.78, 5) is 44.5. The minimum absolute atomic E-state index is 0.00352. The molecule has 0 bridgehead atoms. The third-order valence-electron chi connectivity index (χ3n) is 4.40. The second-order valence-corrected chi connectivity index (χ2v) is 6.97. The maximum absolute atomic E-state index is 11.5. The van der Waals surface area contributed by atoms with Crippen LogP contribution < -0.4 is 0 Å². The average Bonchev–Trinajstić information content (AvgIpc) is 2.86. The van der Waals surface area contributed by atoms with Crippen molar-refractivity contribution in [3.8, 4) is 0 Å². The lowest BCUT2D eigenvalue weighted by molar-refractivity contribution is -0.120. The standard InChI is InChI=1S/C10H12N2O.C10H15NO2/c1-7-11-6-8-9(12-7)4-2-3-5-10(8)13;1-11(2)7-8-9(12)5-3-4-6-10(8)13/h6H,2-5H2,1H3;7H,3-6H2,1-2H3. The van der Waals surface area contributed by atoms with Crippen molar-refractivity contribution in [2.75, 3.05) is 14.1 Å². The summed E-state index contributed by atoms with van der Waals surface area (Å²) in [5.41, 5.74) is 2.06. The first-order valence-electron chi connectivity index (χ1n) is 9.19. The van der Waals surface area contributed by atoms with E-state index in [0.717, 1.165) is 49.2 Å². The summed E-state index contributed by atoms with van der Waals surface area (Å²) < 4.78 is 0. The zero-order valence-corrected chi connectivity index (χ0v) is 15.9. The van der Waals surface area contributed by atoms with Crippen molar-refractivity contribution in [2.45, 2.75) is 58.3 Å². The highest BCUT2D eigenvalue weighted by Gasteiger charge is 2.21. The van der Waals surface area contributed by atoms with Crippen molar-refractivity contribution in [1.29, 1.82) is 0 Å². The lowest BCUT2D eigenvalue weighted by Crippen LogP contribution is -2.14. The number of fused-ring (bicyclic) bond motifs is 1. The van der Waals surface area contributed by atoms with Crippen LogP contribution >= 0.6 is 0 Å². The first-order valence-corrected chi connectivity index (χ1v) is 9.19. The Morgan fingerprint density at radius 1 is 0.885 bits per heavy atom. The third-order valence-corrected chi connectivity index (χ3v) is 4.40. The van der Waals surface area contributed by atoms with E-state index in [1.54, 1.807) is 17.3 Å². The highest BCUT2D eigenvalue weighted by atomic mass is 16.1. The van der Waals surface area contributed by atoms with Crippen LogP contribution in [0.5, 0.6) is 0 Å². The van der Waals surface area contributed by atoms with Crippen molar-refractivity contribution in [3.05, 3.63) is 35.1 Å². The first-order chi connectivity index (χ1) is 12.4. The fraction of sp³-hybridized carbons (Fsp3) is 0.550. The molecular formula is C20H27N3O3. The first kappa shape index (κ1) is 19.9. The van der Waals surface area contributed by atoms with Gasteiger partial charge in [-0.1, -0.05) is 0 Å². The molecule has 2 aliphatic rings. The molecule has 0 amide bonds. The number of aryl methyl sites for hydroxylation is 2. The van der Waals surface area contributed by atoms with Crippen LogP contribution in [0.15, 0.2) is 18.0 Å². The van der Waals surface area contributed by atoms with Crippen molar-refractivity contribution in [1.82, 2.24) is 14.9 Å². The molecule has 0 atom stereocenters. The van der Waals surface area contributed by atoms with Gasteiger partial charge in [-0.2, -0.15) is 0 Å². The van der Waals surface area contributed by atoms with Crippen molar-refractivity contribution in [3.63, 3.8) is 0 Å². The van der Waals surface area contributed by atoms with Crippen LogP contribution in [-0.4, -0.2) is 46.3 Å². The third kappa shape index (κ3) is 5.58. The van der Waals surface area contributed by atoms with Gasteiger partial charge in [-0.25, -0.2) is 9.97 Å². The molecule has 26 heavy (non-hydrogen) atoms. The van der Waals surface area contributed by atoms with Gasteiger partial charge in [-0.15, -0.1) is 0 Å². The zero-order chi connectivity index (χ0) is 19.1. The Bertz CT molecular complexity index is 703. The summed E-state index contributed by atoms with van der Waals surface area (Å²) in [5, 5.41) is 0. The van der Waals surface area contributed by atoms with Gasteiger partial charge in [0.2, 0.25) is 0 Å². The zero-order valence-electron chi connectivity index (χ0n) is 15.9. The lowest BCUT2D eigenvalue weighted by Gasteiger charge is -2.07. The monoisotopic (exact) mass is 357 g/mol. The number of ketones is 3. The van der Waals surface area contributed by atoms with Gasteiger partial charge in [-0.3, -0.25) is 14.4 Å². The molecule has 0 aromatic carbocycles. The summed E-state index contributed by atoms with van der Waals surface area (Å²) in [5.74, 6) is 0.952. The summed E-state index contributed by atoms with van der Waals surface area (Å²) in [7, 11) is 3.64. The van der Waals surface area contributed by atoms with Crippen molar-refractivity contribution < 1.29 is 14.4 Å². The molecule has 1 aromatic heterocycles. The van der Waals surface area contributed by atoms with Crippen molar-refractivity contribution in [2.24, 2.45) is 0 Å². The molecule has 0 saturated heterocycles. The molecule has 6 nitrogen and oxygen atoms in total. The number of Topliss-reactive ketones (excluding diaryl/α,β-unsaturated/α-hetero) is 3. The van der Waals surface area contributed by atoms with Crippen LogP contribution in [0.3, 0.4) is 0 Å². The van der Waals surface area contributed by atoms with Crippen LogP contribution in [0.25, 0.3) is 0 Å². The predicted molar refractivity (Wildman–Crippen MR) is 98.9 cm³/mol. The number of allylic oxidation sites excluding steroid dienone is 1. The number of rotatable bonds is 1. The summed E-state index contributed by atoms with van der Waals surface area (Å²) in [6, 6.07) is 0. The molecule has 0 N–H and O–H groups in total. The summed E-state index contributed by atoms with van der Waals surface area (Å²) in [6.07, 6.45) is 9.65. The quantitative estimate of drug-likeness (QED) is 0.333. The lowest BCUT2D eigenvalue weighted by atomic mass is 10.1. The number of carbonyl (C=O) groups excluding carboxylic acids is 3. The summed E-state index contributed by atoms with van der Waals surface area (Å²) >= 11 is 0. The maximum Gasteiger partial charge on any atom is 0.167 e. The van der Waals surface area contributed by atoms with Gasteiger partial charge in [0, 0.05) is 45.8 Å². The topological polar surface area (TPSA) is 80.2 Å². The Balaban J connectivity index is 0.000000187. The predicted octanol–water partition coefficient (Wildman–Crippen LogP) is 2.84. The van der Waals surface area contributed by atoms with Crippen LogP contribution in [0, 0.1) is 6.92 Å². The van der Waals surface area contributed by atoms with E-state index in [4.69, 9.17) is 0 Å². The van der Waals surface area contributed by atoms with E-state index in [2.05, 4.69) is 9.97 Å². The largest absolute Gasteiger partial charge is 0.383 e. The number of nitrogens with zero attached hydrogens (tertiary/aromatic N) is 3. The number of carbonyl (C=O) groups is 3. The molecule has 1 fully saturated rings. The smallest absolute Gasteiger partial charge is 0.167 e. The van der Waals surface area contributed by atoms with E-state index in [1.807, 2.05) is 21.0 Å².